The number of ether oxygens (including phenoxy) is 1. The first-order valence-corrected chi connectivity index (χ1v) is 15.4. The third-order valence-corrected chi connectivity index (χ3v) is 9.93. The van der Waals surface area contributed by atoms with E-state index in [0.29, 0.717) is 49.9 Å². The molecule has 0 amide bonds. The van der Waals surface area contributed by atoms with Crippen molar-refractivity contribution in [1.29, 1.82) is 0 Å². The van der Waals surface area contributed by atoms with Crippen molar-refractivity contribution in [3.63, 3.8) is 0 Å². The number of benzene rings is 1. The maximum atomic E-state index is 13.9. The minimum absolute atomic E-state index is 0.302. The first-order chi connectivity index (χ1) is 19.9. The maximum absolute atomic E-state index is 13.9. The second-order valence-electron chi connectivity index (χ2n) is 11.3. The van der Waals surface area contributed by atoms with Crippen LogP contribution in [0.4, 0.5) is 15.9 Å². The van der Waals surface area contributed by atoms with Crippen LogP contribution in [0.25, 0.3) is 0 Å². The molecule has 3 aliphatic heterocycles. The highest BCUT2D eigenvalue weighted by Gasteiger charge is 2.48. The molecule has 1 aromatic heterocycles. The number of likely N-dealkylation sites (tertiary alicyclic amines) is 1. The Kier molecular flexibility index (Phi) is 8.43. The maximum Gasteiger partial charge on any atom is 0.192 e. The number of nitrogens with two attached hydrogens (primary N) is 1. The van der Waals surface area contributed by atoms with Gasteiger partial charge in [-0.15, -0.1) is 4.31 Å². The fourth-order valence-corrected chi connectivity index (χ4v) is 7.62. The average Bonchev–Trinajstić information content (AvgIpc) is 3.41. The summed E-state index contributed by atoms with van der Waals surface area (Å²) in [6.07, 6.45) is 7.27. The standard InChI is InChI=1S/C30H37FN6O3S/c31-24-1-3-25(4-2-24)34-28-15-23-7-10-37(21-30(23,16-22(28)17-32)20-35-9-8-26(38)19-35)41(39)27-5-6-29(33-18-27)36-11-13-40-14-12-36/h1-6,15,17-18,26,38H,7-14,16,19-21,32H2/t26-,30-,41?/m0/s1. The zero-order valence-electron chi connectivity index (χ0n) is 23.1. The Labute approximate surface area is 243 Å². The van der Waals surface area contributed by atoms with Crippen molar-refractivity contribution < 1.29 is 18.8 Å². The van der Waals surface area contributed by atoms with Gasteiger partial charge in [-0.1, -0.05) is 5.57 Å². The molecule has 6 rings (SSSR count). The van der Waals surface area contributed by atoms with E-state index in [1.54, 1.807) is 24.5 Å². The summed E-state index contributed by atoms with van der Waals surface area (Å²) in [5.41, 5.74) is 9.44. The lowest BCUT2D eigenvalue weighted by atomic mass is 9.67. The first-order valence-electron chi connectivity index (χ1n) is 14.2. The quantitative estimate of drug-likeness (QED) is 0.502. The number of pyridine rings is 1. The number of fused-ring (bicyclic) bond motifs is 1. The van der Waals surface area contributed by atoms with E-state index in [0.717, 1.165) is 56.1 Å². The Morgan fingerprint density at radius 3 is 2.66 bits per heavy atom. The van der Waals surface area contributed by atoms with E-state index in [2.05, 4.69) is 20.9 Å². The van der Waals surface area contributed by atoms with Crippen molar-refractivity contribution in [2.24, 2.45) is 16.1 Å². The number of morpholine rings is 1. The summed E-state index contributed by atoms with van der Waals surface area (Å²) in [5, 5.41) is 10.2. The number of hydrogen-bond donors (Lipinski definition) is 2. The molecule has 0 bridgehead atoms. The lowest BCUT2D eigenvalue weighted by Crippen LogP contribution is -2.53. The van der Waals surface area contributed by atoms with Crippen molar-refractivity contribution >= 4 is 28.6 Å². The van der Waals surface area contributed by atoms with Crippen LogP contribution in [0.2, 0.25) is 0 Å². The molecule has 1 aliphatic carbocycles. The molecule has 0 saturated carbocycles. The zero-order chi connectivity index (χ0) is 28.4. The molecule has 1 unspecified atom stereocenters. The Bertz CT molecular complexity index is 1310. The largest absolute Gasteiger partial charge is 0.593 e. The number of anilines is 1. The molecule has 218 valence electrons. The molecule has 11 heteroatoms. The van der Waals surface area contributed by atoms with Crippen LogP contribution in [-0.2, 0) is 16.1 Å². The van der Waals surface area contributed by atoms with Gasteiger partial charge in [-0.05, 0) is 67.4 Å². The van der Waals surface area contributed by atoms with E-state index < -0.39 is 11.4 Å². The van der Waals surface area contributed by atoms with E-state index in [1.807, 2.05) is 16.4 Å². The van der Waals surface area contributed by atoms with Gasteiger partial charge in [-0.25, -0.2) is 14.4 Å². The SMILES string of the molecule is NC=C1C[C@]2(CN3CC[C@H](O)C3)CN([S+]([O-])c3ccc(N4CCOCC4)nc3)CCC2=CC1=Nc1ccc(F)cc1. The lowest BCUT2D eigenvalue weighted by molar-refractivity contribution is 0.122. The van der Waals surface area contributed by atoms with Gasteiger partial charge in [0.1, 0.15) is 11.6 Å². The topological polar surface area (TPSA) is 114 Å². The third-order valence-electron chi connectivity index (χ3n) is 8.50. The van der Waals surface area contributed by atoms with Gasteiger partial charge in [0.05, 0.1) is 54.8 Å². The molecule has 4 aliphatic rings. The molecule has 0 spiro atoms. The molecule has 0 radical (unpaired) electrons. The highest BCUT2D eigenvalue weighted by Crippen LogP contribution is 2.46. The van der Waals surface area contributed by atoms with Gasteiger partial charge in [0.25, 0.3) is 0 Å². The van der Waals surface area contributed by atoms with Crippen LogP contribution in [-0.4, -0.2) is 94.7 Å². The first kappa shape index (κ1) is 28.3. The van der Waals surface area contributed by atoms with Crippen LogP contribution in [0.5, 0.6) is 0 Å². The molecule has 9 nitrogen and oxygen atoms in total. The number of hydrogen-bond acceptors (Lipinski definition) is 9. The van der Waals surface area contributed by atoms with Gasteiger partial charge in [0.15, 0.2) is 4.90 Å². The molecule has 3 atom stereocenters. The zero-order valence-corrected chi connectivity index (χ0v) is 23.9. The Morgan fingerprint density at radius 1 is 1.17 bits per heavy atom. The molecule has 3 fully saturated rings. The minimum atomic E-state index is -1.37. The normalized spacial score (nSPS) is 28.6. The van der Waals surface area contributed by atoms with E-state index >= 15 is 0 Å². The van der Waals surface area contributed by atoms with Gasteiger partial charge >= 0.3 is 0 Å². The van der Waals surface area contributed by atoms with E-state index in [4.69, 9.17) is 15.5 Å². The van der Waals surface area contributed by atoms with Crippen LogP contribution in [0.3, 0.4) is 0 Å². The number of aliphatic imine (C=N–C) groups is 1. The lowest BCUT2D eigenvalue weighted by Gasteiger charge is -2.48. The number of nitrogens with zero attached hydrogens (tertiary/aromatic N) is 5. The summed E-state index contributed by atoms with van der Waals surface area (Å²) >= 11 is -1.37. The second kappa shape index (κ2) is 12.2. The van der Waals surface area contributed by atoms with Crippen molar-refractivity contribution in [3.8, 4) is 0 Å². The van der Waals surface area contributed by atoms with Gasteiger partial charge in [-0.2, -0.15) is 0 Å². The third kappa shape index (κ3) is 6.20. The Balaban J connectivity index is 1.27. The van der Waals surface area contributed by atoms with Crippen molar-refractivity contribution in [2.45, 2.75) is 30.3 Å². The molecular formula is C30H37FN6O3S. The number of aliphatic hydroxyl groups is 1. The van der Waals surface area contributed by atoms with Gasteiger partial charge in [0, 0.05) is 50.7 Å². The van der Waals surface area contributed by atoms with Crippen LogP contribution in [0.1, 0.15) is 19.3 Å². The molecule has 1 aromatic carbocycles. The predicted octanol–water partition coefficient (Wildman–Crippen LogP) is 2.78. The monoisotopic (exact) mass is 580 g/mol. The number of aliphatic hydroxyl groups excluding tert-OH is 1. The number of aromatic nitrogens is 1. The van der Waals surface area contributed by atoms with E-state index in [-0.39, 0.29) is 17.3 Å². The van der Waals surface area contributed by atoms with E-state index in [9.17, 15) is 14.0 Å². The summed E-state index contributed by atoms with van der Waals surface area (Å²) in [6.45, 7) is 6.38. The van der Waals surface area contributed by atoms with Crippen LogP contribution < -0.4 is 10.6 Å². The molecular weight excluding hydrogens is 543 g/mol. The summed E-state index contributed by atoms with van der Waals surface area (Å²) in [7, 11) is 0. The smallest absolute Gasteiger partial charge is 0.192 e. The summed E-state index contributed by atoms with van der Waals surface area (Å²) in [4.78, 5) is 14.6. The highest BCUT2D eigenvalue weighted by molar-refractivity contribution is 7.89. The summed E-state index contributed by atoms with van der Waals surface area (Å²) in [5.74, 6) is 0.573. The minimum Gasteiger partial charge on any atom is -0.593 e. The number of β-amino-alcohol motifs (C(OH)–C–C–N with tert-alkyl or cyclic N) is 1. The van der Waals surface area contributed by atoms with Crippen molar-refractivity contribution in [1.82, 2.24) is 14.2 Å². The molecule has 3 N–H and O–H groups in total. The summed E-state index contributed by atoms with van der Waals surface area (Å²) in [6, 6.07) is 9.99. The number of allylic oxidation sites excluding steroid dienone is 2. The average molecular weight is 581 g/mol. The van der Waals surface area contributed by atoms with E-state index in [1.165, 1.54) is 17.7 Å². The van der Waals surface area contributed by atoms with Crippen molar-refractivity contribution in [2.75, 3.05) is 63.9 Å². The Morgan fingerprint density at radius 2 is 1.98 bits per heavy atom. The fourth-order valence-electron chi connectivity index (χ4n) is 6.38. The highest BCUT2D eigenvalue weighted by atomic mass is 32.2. The molecule has 3 saturated heterocycles. The van der Waals surface area contributed by atoms with Crippen LogP contribution >= 0.6 is 0 Å². The van der Waals surface area contributed by atoms with Crippen molar-refractivity contribution in [3.05, 3.63) is 71.8 Å². The summed E-state index contributed by atoms with van der Waals surface area (Å²) < 4.78 is 34.8. The molecule has 41 heavy (non-hydrogen) atoms. The Hall–Kier alpha value is -2.80. The van der Waals surface area contributed by atoms with Gasteiger partial charge in [0.2, 0.25) is 0 Å². The van der Waals surface area contributed by atoms with Crippen LogP contribution in [0, 0.1) is 11.2 Å². The molecule has 2 aromatic rings. The molecule has 4 heterocycles. The number of rotatable bonds is 6. The second-order valence-corrected chi connectivity index (χ2v) is 12.8. The number of halogens is 1. The van der Waals surface area contributed by atoms with Crippen LogP contribution in [0.15, 0.2) is 75.9 Å². The van der Waals surface area contributed by atoms with Gasteiger partial charge < -0.3 is 25.0 Å². The fraction of sp³-hybridized carbons (Fsp3) is 0.467. The number of piperidine rings is 1. The van der Waals surface area contributed by atoms with Gasteiger partial charge in [-0.3, -0.25) is 4.90 Å². The predicted molar refractivity (Wildman–Crippen MR) is 158 cm³/mol.